The predicted octanol–water partition coefficient (Wildman–Crippen LogP) is 1.73. The van der Waals surface area contributed by atoms with Crippen molar-refractivity contribution in [2.24, 2.45) is 0 Å². The van der Waals surface area contributed by atoms with Gasteiger partial charge in [0, 0.05) is 52.2 Å². The molecule has 1 aromatic rings. The highest BCUT2D eigenvalue weighted by atomic mass is 32.2. The quantitative estimate of drug-likeness (QED) is 0.923. The fourth-order valence-corrected chi connectivity index (χ4v) is 4.56. The van der Waals surface area contributed by atoms with Gasteiger partial charge in [0.15, 0.2) is 5.13 Å². The van der Waals surface area contributed by atoms with E-state index in [-0.39, 0.29) is 5.41 Å². The summed E-state index contributed by atoms with van der Waals surface area (Å²) < 4.78 is 11.4. The van der Waals surface area contributed by atoms with Crippen LogP contribution in [-0.4, -0.2) is 40.8 Å². The Balaban J connectivity index is 2.24. The van der Waals surface area contributed by atoms with Gasteiger partial charge in [-0.25, -0.2) is 4.98 Å². The van der Waals surface area contributed by atoms with Gasteiger partial charge in [-0.2, -0.15) is 0 Å². The molecule has 0 spiro atoms. The van der Waals surface area contributed by atoms with Crippen molar-refractivity contribution in [3.8, 4) is 0 Å². The molecule has 1 N–H and O–H groups in total. The average Bonchev–Trinajstić information content (AvgIpc) is 2.74. The third kappa shape index (κ3) is 3.55. The van der Waals surface area contributed by atoms with E-state index in [0.717, 1.165) is 36.3 Å². The Morgan fingerprint density at radius 3 is 2.53 bits per heavy atom. The van der Waals surface area contributed by atoms with E-state index in [1.807, 2.05) is 7.05 Å². The SMILES string of the molecule is CNCc1sc(N2CCS(=O)CC2)nc1C(C)(C)C. The number of hydrogen-bond donors (Lipinski definition) is 1. The van der Waals surface area contributed by atoms with Gasteiger partial charge in [-0.3, -0.25) is 4.21 Å². The standard InChI is InChI=1S/C13H23N3OS2/c1-13(2,3)11-10(9-14-4)18-12(15-11)16-5-7-19(17)8-6-16/h14H,5-9H2,1-4H3. The van der Waals surface area contributed by atoms with Crippen LogP contribution in [0.4, 0.5) is 5.13 Å². The Hall–Kier alpha value is -0.460. The summed E-state index contributed by atoms with van der Waals surface area (Å²) in [5.41, 5.74) is 1.26. The van der Waals surface area contributed by atoms with Gasteiger partial charge in [-0.15, -0.1) is 11.3 Å². The van der Waals surface area contributed by atoms with Crippen molar-refractivity contribution in [1.82, 2.24) is 10.3 Å². The molecule has 0 bridgehead atoms. The van der Waals surface area contributed by atoms with E-state index in [2.05, 4.69) is 31.0 Å². The first kappa shape index (κ1) is 14.9. The molecule has 1 saturated heterocycles. The monoisotopic (exact) mass is 301 g/mol. The molecule has 0 radical (unpaired) electrons. The molecular formula is C13H23N3OS2. The zero-order chi connectivity index (χ0) is 14.0. The van der Waals surface area contributed by atoms with Crippen molar-refractivity contribution in [2.45, 2.75) is 32.7 Å². The van der Waals surface area contributed by atoms with E-state index >= 15 is 0 Å². The first-order chi connectivity index (χ1) is 8.91. The molecule has 4 nitrogen and oxygen atoms in total. The molecule has 0 atom stereocenters. The van der Waals surface area contributed by atoms with Gasteiger partial charge in [-0.05, 0) is 7.05 Å². The lowest BCUT2D eigenvalue weighted by Gasteiger charge is -2.25. The summed E-state index contributed by atoms with van der Waals surface area (Å²) in [6.07, 6.45) is 0. The highest BCUT2D eigenvalue weighted by Gasteiger charge is 2.26. The van der Waals surface area contributed by atoms with Crippen LogP contribution in [0.15, 0.2) is 0 Å². The molecule has 19 heavy (non-hydrogen) atoms. The van der Waals surface area contributed by atoms with Crippen LogP contribution in [0, 0.1) is 0 Å². The maximum atomic E-state index is 11.4. The van der Waals surface area contributed by atoms with E-state index in [4.69, 9.17) is 4.98 Å². The normalized spacial score (nSPS) is 18.0. The van der Waals surface area contributed by atoms with Gasteiger partial charge in [0.1, 0.15) is 0 Å². The topological polar surface area (TPSA) is 45.2 Å². The molecule has 0 unspecified atom stereocenters. The van der Waals surface area contributed by atoms with Crippen LogP contribution in [0.25, 0.3) is 0 Å². The first-order valence-electron chi connectivity index (χ1n) is 6.66. The van der Waals surface area contributed by atoms with Gasteiger partial charge in [0.25, 0.3) is 0 Å². The molecule has 6 heteroatoms. The third-order valence-corrected chi connectivity index (χ3v) is 5.57. The van der Waals surface area contributed by atoms with Gasteiger partial charge in [-0.1, -0.05) is 20.8 Å². The summed E-state index contributed by atoms with van der Waals surface area (Å²) >= 11 is 1.77. The second kappa shape index (κ2) is 5.89. The van der Waals surface area contributed by atoms with Crippen molar-refractivity contribution in [2.75, 3.05) is 36.5 Å². The fraction of sp³-hybridized carbons (Fsp3) is 0.769. The van der Waals surface area contributed by atoms with Crippen LogP contribution in [0.2, 0.25) is 0 Å². The zero-order valence-corrected chi connectivity index (χ0v) is 13.8. The summed E-state index contributed by atoms with van der Waals surface area (Å²) in [5.74, 6) is 1.54. The first-order valence-corrected chi connectivity index (χ1v) is 8.97. The lowest BCUT2D eigenvalue weighted by atomic mass is 9.91. The Labute approximate surface area is 122 Å². The molecule has 0 saturated carbocycles. The molecular weight excluding hydrogens is 278 g/mol. The van der Waals surface area contributed by atoms with Crippen LogP contribution < -0.4 is 10.2 Å². The molecule has 1 fully saturated rings. The minimum absolute atomic E-state index is 0.0690. The van der Waals surface area contributed by atoms with Crippen molar-refractivity contribution in [3.63, 3.8) is 0 Å². The van der Waals surface area contributed by atoms with E-state index < -0.39 is 10.8 Å². The molecule has 108 valence electrons. The highest BCUT2D eigenvalue weighted by molar-refractivity contribution is 7.85. The van der Waals surface area contributed by atoms with Crippen LogP contribution in [0.5, 0.6) is 0 Å². The van der Waals surface area contributed by atoms with E-state index in [1.165, 1.54) is 10.6 Å². The molecule has 2 heterocycles. The van der Waals surface area contributed by atoms with Crippen LogP contribution in [-0.2, 0) is 22.8 Å². The summed E-state index contributed by atoms with van der Waals surface area (Å²) in [6.45, 7) is 9.21. The predicted molar refractivity (Wildman–Crippen MR) is 83.7 cm³/mol. The van der Waals surface area contributed by atoms with E-state index in [0.29, 0.717) is 0 Å². The summed E-state index contributed by atoms with van der Waals surface area (Å²) in [6, 6.07) is 0. The van der Waals surface area contributed by atoms with Gasteiger partial charge in [0.05, 0.1) is 5.69 Å². The number of aromatic nitrogens is 1. The van der Waals surface area contributed by atoms with Crippen molar-refractivity contribution in [3.05, 3.63) is 10.6 Å². The molecule has 0 aliphatic carbocycles. The highest BCUT2D eigenvalue weighted by Crippen LogP contribution is 2.34. The van der Waals surface area contributed by atoms with Crippen LogP contribution in [0.1, 0.15) is 31.3 Å². The maximum Gasteiger partial charge on any atom is 0.185 e. The molecule has 1 aliphatic rings. The molecule has 1 aromatic heterocycles. The lowest BCUT2D eigenvalue weighted by Crippen LogP contribution is -2.37. The van der Waals surface area contributed by atoms with E-state index in [1.54, 1.807) is 11.3 Å². The Morgan fingerprint density at radius 1 is 1.37 bits per heavy atom. The van der Waals surface area contributed by atoms with E-state index in [9.17, 15) is 4.21 Å². The van der Waals surface area contributed by atoms with Gasteiger partial charge >= 0.3 is 0 Å². The van der Waals surface area contributed by atoms with Crippen molar-refractivity contribution >= 4 is 27.3 Å². The molecule has 1 aliphatic heterocycles. The summed E-state index contributed by atoms with van der Waals surface area (Å²) in [4.78, 5) is 8.45. The number of rotatable bonds is 3. The fourth-order valence-electron chi connectivity index (χ4n) is 2.17. The van der Waals surface area contributed by atoms with Gasteiger partial charge in [0.2, 0.25) is 0 Å². The lowest BCUT2D eigenvalue weighted by molar-refractivity contribution is 0.562. The molecule has 0 aromatic carbocycles. The number of nitrogens with zero attached hydrogens (tertiary/aromatic N) is 2. The van der Waals surface area contributed by atoms with Crippen molar-refractivity contribution in [1.29, 1.82) is 0 Å². The maximum absolute atomic E-state index is 11.4. The zero-order valence-electron chi connectivity index (χ0n) is 12.2. The minimum atomic E-state index is -0.631. The van der Waals surface area contributed by atoms with Crippen molar-refractivity contribution < 1.29 is 4.21 Å². The third-order valence-electron chi connectivity index (χ3n) is 3.18. The second-order valence-corrected chi connectivity index (χ2v) is 8.64. The summed E-state index contributed by atoms with van der Waals surface area (Å²) in [7, 11) is 1.34. The van der Waals surface area contributed by atoms with Crippen LogP contribution >= 0.6 is 11.3 Å². The smallest absolute Gasteiger partial charge is 0.185 e. The largest absolute Gasteiger partial charge is 0.346 e. The summed E-state index contributed by atoms with van der Waals surface area (Å²) in [5, 5.41) is 4.31. The number of nitrogens with one attached hydrogen (secondary N) is 1. The van der Waals surface area contributed by atoms with Crippen LogP contribution in [0.3, 0.4) is 0 Å². The number of hydrogen-bond acceptors (Lipinski definition) is 5. The Kier molecular flexibility index (Phi) is 4.63. The second-order valence-electron chi connectivity index (χ2n) is 5.88. The number of anilines is 1. The Bertz CT molecular complexity index is 455. The number of thiazole rings is 1. The minimum Gasteiger partial charge on any atom is -0.346 e. The Morgan fingerprint density at radius 2 is 2.00 bits per heavy atom. The average molecular weight is 301 g/mol. The van der Waals surface area contributed by atoms with Gasteiger partial charge < -0.3 is 10.2 Å². The molecule has 0 amide bonds. The molecule has 2 rings (SSSR count).